The highest BCUT2D eigenvalue weighted by molar-refractivity contribution is 6.11. The maximum Gasteiger partial charge on any atom is 0.319 e. The largest absolute Gasteiger partial charge is 0.465 e. The van der Waals surface area contributed by atoms with Crippen LogP contribution in [0.25, 0.3) is 0 Å². The number of amides is 1. The van der Waals surface area contributed by atoms with Gasteiger partial charge in [-0.15, -0.1) is 0 Å². The Kier molecular flexibility index (Phi) is 5.46. The average Bonchev–Trinajstić information content (AvgIpc) is 3.04. The molecular weight excluding hydrogens is 330 g/mol. The molecule has 1 aliphatic heterocycles. The minimum atomic E-state index is -1.04. The van der Waals surface area contributed by atoms with Crippen LogP contribution in [-0.2, 0) is 14.3 Å². The summed E-state index contributed by atoms with van der Waals surface area (Å²) in [6.45, 7) is 1.89. The number of anilines is 1. The molecular formula is C21H21NO4. The van der Waals surface area contributed by atoms with Crippen LogP contribution >= 0.6 is 0 Å². The molecule has 1 aliphatic rings. The number of carbonyl (C=O) groups is 3. The Hall–Kier alpha value is -2.95. The molecule has 2 aromatic carbocycles. The Morgan fingerprint density at radius 2 is 1.69 bits per heavy atom. The molecule has 0 bridgehead atoms. The monoisotopic (exact) mass is 351 g/mol. The average molecular weight is 351 g/mol. The molecule has 3 rings (SSSR count). The first-order valence-corrected chi connectivity index (χ1v) is 8.76. The topological polar surface area (TPSA) is 63.7 Å². The molecule has 0 N–H and O–H groups in total. The van der Waals surface area contributed by atoms with Gasteiger partial charge in [-0.1, -0.05) is 48.5 Å². The number of carbonyl (C=O) groups excluding carboxylic acids is 3. The fourth-order valence-corrected chi connectivity index (χ4v) is 3.40. The molecule has 0 saturated carbocycles. The molecule has 2 unspecified atom stereocenters. The van der Waals surface area contributed by atoms with Crippen LogP contribution < -0.4 is 4.90 Å². The second-order valence-electron chi connectivity index (χ2n) is 6.17. The van der Waals surface area contributed by atoms with Crippen molar-refractivity contribution < 1.29 is 19.1 Å². The van der Waals surface area contributed by atoms with Gasteiger partial charge < -0.3 is 9.64 Å². The molecule has 2 atom stereocenters. The molecule has 0 radical (unpaired) electrons. The van der Waals surface area contributed by atoms with Crippen LogP contribution in [0.2, 0.25) is 0 Å². The summed E-state index contributed by atoms with van der Waals surface area (Å²) in [4.78, 5) is 39.8. The lowest BCUT2D eigenvalue weighted by molar-refractivity contribution is -0.146. The van der Waals surface area contributed by atoms with Crippen LogP contribution in [0.4, 0.5) is 5.69 Å². The molecule has 0 aliphatic carbocycles. The summed E-state index contributed by atoms with van der Waals surface area (Å²) in [7, 11) is 0. The summed E-state index contributed by atoms with van der Waals surface area (Å²) in [5.41, 5.74) is 1.13. The Morgan fingerprint density at radius 3 is 2.31 bits per heavy atom. The molecule has 1 saturated heterocycles. The first-order valence-electron chi connectivity index (χ1n) is 8.76. The van der Waals surface area contributed by atoms with Gasteiger partial charge in [0.1, 0.15) is 5.92 Å². The van der Waals surface area contributed by atoms with Crippen LogP contribution in [0.1, 0.15) is 30.1 Å². The number of hydrogen-bond acceptors (Lipinski definition) is 4. The van der Waals surface area contributed by atoms with E-state index >= 15 is 0 Å². The summed E-state index contributed by atoms with van der Waals surface area (Å²) in [5.74, 6) is -2.02. The Balaban J connectivity index is 1.99. The quantitative estimate of drug-likeness (QED) is 0.455. The van der Waals surface area contributed by atoms with Crippen molar-refractivity contribution >= 4 is 23.3 Å². The normalized spacial score (nSPS) is 17.8. The number of Topliss-reactive ketones (excluding diaryl/α,β-unsaturated/α-hetero) is 1. The Morgan fingerprint density at radius 1 is 1.08 bits per heavy atom. The van der Waals surface area contributed by atoms with E-state index in [4.69, 9.17) is 4.74 Å². The minimum Gasteiger partial charge on any atom is -0.465 e. The lowest BCUT2D eigenvalue weighted by Gasteiger charge is -2.29. The highest BCUT2D eigenvalue weighted by Crippen LogP contribution is 2.33. The van der Waals surface area contributed by atoms with Crippen LogP contribution in [0.15, 0.2) is 60.7 Å². The van der Waals surface area contributed by atoms with Gasteiger partial charge in [0.15, 0.2) is 5.78 Å². The number of benzene rings is 2. The van der Waals surface area contributed by atoms with Gasteiger partial charge in [0.2, 0.25) is 5.91 Å². The zero-order valence-electron chi connectivity index (χ0n) is 14.6. The third kappa shape index (κ3) is 3.52. The molecule has 2 aromatic rings. The fourth-order valence-electron chi connectivity index (χ4n) is 3.40. The van der Waals surface area contributed by atoms with Gasteiger partial charge in [0.05, 0.1) is 12.6 Å². The summed E-state index contributed by atoms with van der Waals surface area (Å²) in [5, 5.41) is 0. The van der Waals surface area contributed by atoms with Crippen molar-refractivity contribution in [2.24, 2.45) is 5.92 Å². The van der Waals surface area contributed by atoms with E-state index in [1.54, 1.807) is 36.1 Å². The van der Waals surface area contributed by atoms with E-state index in [9.17, 15) is 14.4 Å². The number of para-hydroxylation sites is 1. The number of rotatable bonds is 6. The number of ether oxygens (including phenoxy) is 1. The van der Waals surface area contributed by atoms with E-state index in [1.807, 2.05) is 36.4 Å². The third-order valence-corrected chi connectivity index (χ3v) is 4.55. The zero-order chi connectivity index (χ0) is 18.5. The molecule has 0 spiro atoms. The standard InChI is InChI=1S/C21H21NO4/c1-2-26-21(25)19(20(24)15-9-5-3-6-10-15)17-13-14-18(23)22(17)16-11-7-4-8-12-16/h3-12,17,19H,2,13-14H2,1H3. The highest BCUT2D eigenvalue weighted by atomic mass is 16.5. The van der Waals surface area contributed by atoms with Crippen molar-refractivity contribution in [3.8, 4) is 0 Å². The molecule has 26 heavy (non-hydrogen) atoms. The van der Waals surface area contributed by atoms with Gasteiger partial charge >= 0.3 is 5.97 Å². The minimum absolute atomic E-state index is 0.0867. The van der Waals surface area contributed by atoms with Gasteiger partial charge in [-0.25, -0.2) is 0 Å². The molecule has 1 fully saturated rings. The Bertz CT molecular complexity index is 788. The van der Waals surface area contributed by atoms with Crippen molar-refractivity contribution in [1.29, 1.82) is 0 Å². The van der Waals surface area contributed by atoms with E-state index in [0.29, 0.717) is 24.1 Å². The van der Waals surface area contributed by atoms with E-state index in [0.717, 1.165) is 0 Å². The zero-order valence-corrected chi connectivity index (χ0v) is 14.6. The summed E-state index contributed by atoms with van der Waals surface area (Å²) >= 11 is 0. The van der Waals surface area contributed by atoms with Crippen molar-refractivity contribution in [3.63, 3.8) is 0 Å². The van der Waals surface area contributed by atoms with Crippen LogP contribution in [0, 0.1) is 5.92 Å². The third-order valence-electron chi connectivity index (χ3n) is 4.55. The van der Waals surface area contributed by atoms with Crippen molar-refractivity contribution in [1.82, 2.24) is 0 Å². The molecule has 134 valence electrons. The summed E-state index contributed by atoms with van der Waals surface area (Å²) in [6.07, 6.45) is 0.743. The van der Waals surface area contributed by atoms with E-state index in [1.165, 1.54) is 0 Å². The number of esters is 1. The van der Waals surface area contributed by atoms with Crippen molar-refractivity contribution in [3.05, 3.63) is 66.2 Å². The predicted octanol–water partition coefficient (Wildman–Crippen LogP) is 3.24. The number of hydrogen-bond donors (Lipinski definition) is 0. The molecule has 0 aromatic heterocycles. The highest BCUT2D eigenvalue weighted by Gasteiger charge is 2.45. The molecule has 1 amide bonds. The van der Waals surface area contributed by atoms with Gasteiger partial charge in [0, 0.05) is 17.7 Å². The Labute approximate surface area is 152 Å². The van der Waals surface area contributed by atoms with Gasteiger partial charge in [-0.2, -0.15) is 0 Å². The van der Waals surface area contributed by atoms with E-state index < -0.39 is 17.9 Å². The molecule has 1 heterocycles. The SMILES string of the molecule is CCOC(=O)C(C(=O)c1ccccc1)C1CCC(=O)N1c1ccccc1. The van der Waals surface area contributed by atoms with Gasteiger partial charge in [-0.05, 0) is 25.5 Å². The maximum atomic E-state index is 13.1. The van der Waals surface area contributed by atoms with E-state index in [-0.39, 0.29) is 18.3 Å². The summed E-state index contributed by atoms with van der Waals surface area (Å²) < 4.78 is 5.18. The van der Waals surface area contributed by atoms with Gasteiger partial charge in [-0.3, -0.25) is 14.4 Å². The first-order chi connectivity index (χ1) is 12.6. The molecule has 5 nitrogen and oxygen atoms in total. The first kappa shape index (κ1) is 17.9. The second-order valence-corrected chi connectivity index (χ2v) is 6.17. The predicted molar refractivity (Wildman–Crippen MR) is 97.8 cm³/mol. The number of ketones is 1. The van der Waals surface area contributed by atoms with Crippen LogP contribution in [-0.4, -0.2) is 30.3 Å². The van der Waals surface area contributed by atoms with Crippen molar-refractivity contribution in [2.45, 2.75) is 25.8 Å². The van der Waals surface area contributed by atoms with Crippen molar-refractivity contribution in [2.75, 3.05) is 11.5 Å². The fraction of sp³-hybridized carbons (Fsp3) is 0.286. The smallest absolute Gasteiger partial charge is 0.319 e. The number of nitrogens with zero attached hydrogens (tertiary/aromatic N) is 1. The van der Waals surface area contributed by atoms with Crippen LogP contribution in [0.5, 0.6) is 0 Å². The molecule has 5 heteroatoms. The second kappa shape index (κ2) is 7.95. The van der Waals surface area contributed by atoms with Gasteiger partial charge in [0.25, 0.3) is 0 Å². The van der Waals surface area contributed by atoms with Crippen LogP contribution in [0.3, 0.4) is 0 Å². The lowest BCUT2D eigenvalue weighted by Crippen LogP contribution is -2.45. The lowest BCUT2D eigenvalue weighted by atomic mass is 9.89. The summed E-state index contributed by atoms with van der Waals surface area (Å²) in [6, 6.07) is 17.3. The van der Waals surface area contributed by atoms with E-state index in [2.05, 4.69) is 0 Å². The maximum absolute atomic E-state index is 13.1.